The molecule has 1 heterocycles. The molecule has 0 aliphatic carbocycles. The highest BCUT2D eigenvalue weighted by atomic mass is 35.5. The highest BCUT2D eigenvalue weighted by molar-refractivity contribution is 7.22. The van der Waals surface area contributed by atoms with Gasteiger partial charge in [0.15, 0.2) is 5.13 Å². The zero-order valence-corrected chi connectivity index (χ0v) is 12.3. The van der Waals surface area contributed by atoms with Crippen LogP contribution in [0, 0.1) is 13.8 Å². The van der Waals surface area contributed by atoms with Crippen molar-refractivity contribution in [2.75, 3.05) is 5.32 Å². The van der Waals surface area contributed by atoms with E-state index in [-0.39, 0.29) is 0 Å². The zero-order chi connectivity index (χ0) is 13.4. The number of aryl methyl sites for hydroxylation is 2. The van der Waals surface area contributed by atoms with Gasteiger partial charge >= 0.3 is 0 Å². The summed E-state index contributed by atoms with van der Waals surface area (Å²) in [5, 5.41) is 4.89. The second-order valence-corrected chi connectivity index (χ2v) is 5.99. The zero-order valence-electron chi connectivity index (χ0n) is 10.7. The molecule has 0 fully saturated rings. The lowest BCUT2D eigenvalue weighted by Crippen LogP contribution is -1.91. The fourth-order valence-corrected chi connectivity index (χ4v) is 3.11. The molecule has 2 aromatic carbocycles. The highest BCUT2D eigenvalue weighted by Crippen LogP contribution is 2.32. The predicted molar refractivity (Wildman–Crippen MR) is 83.8 cm³/mol. The smallest absolute Gasteiger partial charge is 0.188 e. The lowest BCUT2D eigenvalue weighted by molar-refractivity contribution is 1.39. The molecule has 0 saturated carbocycles. The molecule has 1 aromatic heterocycles. The summed E-state index contributed by atoms with van der Waals surface area (Å²) < 4.78 is 1.19. The number of nitrogens with one attached hydrogen (secondary N) is 1. The third-order valence-corrected chi connectivity index (χ3v) is 4.25. The number of nitrogens with zero attached hydrogens (tertiary/aromatic N) is 1. The highest BCUT2D eigenvalue weighted by Gasteiger charge is 2.07. The summed E-state index contributed by atoms with van der Waals surface area (Å²) >= 11 is 7.83. The molecular weight excluding hydrogens is 276 g/mol. The Hall–Kier alpha value is -1.58. The van der Waals surface area contributed by atoms with Gasteiger partial charge < -0.3 is 5.32 Å². The molecule has 3 rings (SSSR count). The molecule has 0 unspecified atom stereocenters. The molecule has 19 heavy (non-hydrogen) atoms. The number of anilines is 2. The van der Waals surface area contributed by atoms with Crippen molar-refractivity contribution in [3.05, 3.63) is 52.5 Å². The molecule has 1 N–H and O–H groups in total. The first-order valence-corrected chi connectivity index (χ1v) is 7.22. The van der Waals surface area contributed by atoms with Gasteiger partial charge in [-0.3, -0.25) is 0 Å². The summed E-state index contributed by atoms with van der Waals surface area (Å²) in [6, 6.07) is 12.1. The van der Waals surface area contributed by atoms with Crippen molar-refractivity contribution < 1.29 is 0 Å². The van der Waals surface area contributed by atoms with E-state index < -0.39 is 0 Å². The van der Waals surface area contributed by atoms with E-state index in [9.17, 15) is 0 Å². The molecule has 0 amide bonds. The van der Waals surface area contributed by atoms with E-state index >= 15 is 0 Å². The molecule has 3 aromatic rings. The minimum absolute atomic E-state index is 0.710. The van der Waals surface area contributed by atoms with Gasteiger partial charge in [0.05, 0.1) is 20.9 Å². The number of aromatic nitrogens is 1. The normalized spacial score (nSPS) is 10.9. The van der Waals surface area contributed by atoms with Crippen molar-refractivity contribution >= 4 is 44.0 Å². The predicted octanol–water partition coefficient (Wildman–Crippen LogP) is 5.31. The molecule has 2 nitrogen and oxygen atoms in total. The van der Waals surface area contributed by atoms with Crippen LogP contribution in [0.5, 0.6) is 0 Å². The van der Waals surface area contributed by atoms with E-state index in [0.717, 1.165) is 16.3 Å². The number of hydrogen-bond donors (Lipinski definition) is 1. The Kier molecular flexibility index (Phi) is 3.17. The van der Waals surface area contributed by atoms with Crippen molar-refractivity contribution in [3.8, 4) is 0 Å². The Morgan fingerprint density at radius 3 is 2.79 bits per heavy atom. The van der Waals surface area contributed by atoms with Crippen LogP contribution in [-0.2, 0) is 0 Å². The minimum atomic E-state index is 0.710. The van der Waals surface area contributed by atoms with Crippen LogP contribution < -0.4 is 5.32 Å². The van der Waals surface area contributed by atoms with Crippen molar-refractivity contribution in [3.63, 3.8) is 0 Å². The summed E-state index contributed by atoms with van der Waals surface area (Å²) in [5.41, 5.74) is 4.32. The van der Waals surface area contributed by atoms with Crippen LogP contribution in [0.4, 0.5) is 10.8 Å². The van der Waals surface area contributed by atoms with Crippen LogP contribution in [0.25, 0.3) is 10.2 Å². The van der Waals surface area contributed by atoms with Crippen LogP contribution in [-0.4, -0.2) is 4.98 Å². The summed E-state index contributed by atoms with van der Waals surface area (Å²) in [5.74, 6) is 0. The van der Waals surface area contributed by atoms with E-state index in [0.29, 0.717) is 5.02 Å². The maximum atomic E-state index is 6.19. The van der Waals surface area contributed by atoms with Crippen LogP contribution in [0.2, 0.25) is 5.02 Å². The first kappa shape index (κ1) is 12.5. The third kappa shape index (κ3) is 2.44. The van der Waals surface area contributed by atoms with E-state index in [1.54, 1.807) is 11.3 Å². The first-order valence-electron chi connectivity index (χ1n) is 6.03. The van der Waals surface area contributed by atoms with Gasteiger partial charge in [0.25, 0.3) is 0 Å². The molecule has 0 radical (unpaired) electrons. The Balaban J connectivity index is 2.01. The molecule has 0 aliphatic rings. The van der Waals surface area contributed by atoms with Crippen molar-refractivity contribution in [2.24, 2.45) is 0 Å². The van der Waals surface area contributed by atoms with Crippen molar-refractivity contribution in [1.82, 2.24) is 4.98 Å². The van der Waals surface area contributed by atoms with Gasteiger partial charge in [0, 0.05) is 0 Å². The summed E-state index contributed by atoms with van der Waals surface area (Å²) in [6.07, 6.45) is 0. The molecule has 0 bridgehead atoms. The summed E-state index contributed by atoms with van der Waals surface area (Å²) in [4.78, 5) is 4.63. The molecule has 4 heteroatoms. The second-order valence-electron chi connectivity index (χ2n) is 4.55. The maximum Gasteiger partial charge on any atom is 0.188 e. The lowest BCUT2D eigenvalue weighted by atomic mass is 10.2. The standard InChI is InChI=1S/C15H13ClN2S/c1-9-6-7-11(16)12(8-9)17-15-18-14-10(2)4-3-5-13(14)19-15/h3-8H,1-2H3,(H,17,18). The molecule has 0 aliphatic heterocycles. The van der Waals surface area contributed by atoms with E-state index in [1.165, 1.54) is 15.8 Å². The van der Waals surface area contributed by atoms with Gasteiger partial charge in [0.1, 0.15) is 0 Å². The maximum absolute atomic E-state index is 6.19. The van der Waals surface area contributed by atoms with Crippen LogP contribution in [0.15, 0.2) is 36.4 Å². The summed E-state index contributed by atoms with van der Waals surface area (Å²) in [6.45, 7) is 4.12. The van der Waals surface area contributed by atoms with Gasteiger partial charge in [-0.2, -0.15) is 0 Å². The number of para-hydroxylation sites is 1. The monoisotopic (exact) mass is 288 g/mol. The number of benzene rings is 2. The lowest BCUT2D eigenvalue weighted by Gasteiger charge is -2.05. The fraction of sp³-hybridized carbons (Fsp3) is 0.133. The van der Waals surface area contributed by atoms with Crippen LogP contribution >= 0.6 is 22.9 Å². The quantitative estimate of drug-likeness (QED) is 0.691. The van der Waals surface area contributed by atoms with E-state index in [4.69, 9.17) is 11.6 Å². The van der Waals surface area contributed by atoms with Crippen molar-refractivity contribution in [2.45, 2.75) is 13.8 Å². The number of hydrogen-bond acceptors (Lipinski definition) is 3. The van der Waals surface area contributed by atoms with Crippen molar-refractivity contribution in [1.29, 1.82) is 0 Å². The number of fused-ring (bicyclic) bond motifs is 1. The summed E-state index contributed by atoms with van der Waals surface area (Å²) in [7, 11) is 0. The molecule has 0 atom stereocenters. The van der Waals surface area contributed by atoms with Gasteiger partial charge in [-0.15, -0.1) is 0 Å². The first-order chi connectivity index (χ1) is 9.13. The minimum Gasteiger partial charge on any atom is -0.330 e. The van der Waals surface area contributed by atoms with Gasteiger partial charge in [-0.05, 0) is 43.2 Å². The largest absolute Gasteiger partial charge is 0.330 e. The average Bonchev–Trinajstić information content (AvgIpc) is 2.78. The SMILES string of the molecule is Cc1ccc(Cl)c(Nc2nc3c(C)cccc3s2)c1. The van der Waals surface area contributed by atoms with Gasteiger partial charge in [-0.1, -0.05) is 41.1 Å². The fourth-order valence-electron chi connectivity index (χ4n) is 1.99. The van der Waals surface area contributed by atoms with Gasteiger partial charge in [-0.25, -0.2) is 4.98 Å². The topological polar surface area (TPSA) is 24.9 Å². The Labute approximate surface area is 121 Å². The molecule has 0 saturated heterocycles. The number of rotatable bonds is 2. The molecular formula is C15H13ClN2S. The third-order valence-electron chi connectivity index (χ3n) is 2.98. The van der Waals surface area contributed by atoms with Gasteiger partial charge in [0.2, 0.25) is 0 Å². The molecule has 96 valence electrons. The average molecular weight is 289 g/mol. The Bertz CT molecular complexity index is 749. The Morgan fingerprint density at radius 1 is 1.16 bits per heavy atom. The van der Waals surface area contributed by atoms with E-state index in [2.05, 4.69) is 35.4 Å². The molecule has 0 spiro atoms. The van der Waals surface area contributed by atoms with E-state index in [1.807, 2.05) is 25.1 Å². The van der Waals surface area contributed by atoms with Crippen LogP contribution in [0.1, 0.15) is 11.1 Å². The number of thiazole rings is 1. The number of halogens is 1. The second kappa shape index (κ2) is 4.83. The Morgan fingerprint density at radius 2 is 2.00 bits per heavy atom. The van der Waals surface area contributed by atoms with Crippen LogP contribution in [0.3, 0.4) is 0 Å².